The molecule has 0 spiro atoms. The number of fused-ring (bicyclic) bond motifs is 1. The first-order valence-electron chi connectivity index (χ1n) is 8.05. The number of nitrogens with two attached hydrogens (primary N) is 1. The summed E-state index contributed by atoms with van der Waals surface area (Å²) >= 11 is 0. The van der Waals surface area contributed by atoms with Gasteiger partial charge < -0.3 is 15.0 Å². The van der Waals surface area contributed by atoms with Gasteiger partial charge in [0.25, 0.3) is 0 Å². The molecule has 2 aliphatic heterocycles. The van der Waals surface area contributed by atoms with Gasteiger partial charge in [-0.3, -0.25) is 4.90 Å². The summed E-state index contributed by atoms with van der Waals surface area (Å²) in [6, 6.07) is 0.667. The smallest absolute Gasteiger partial charge is 0.228 e. The molecule has 3 heterocycles. The lowest BCUT2D eigenvalue weighted by Gasteiger charge is -2.33. The highest BCUT2D eigenvalue weighted by atomic mass is 16.5. The Morgan fingerprint density at radius 1 is 1.43 bits per heavy atom. The number of rotatable bonds is 5. The Morgan fingerprint density at radius 2 is 2.29 bits per heavy atom. The summed E-state index contributed by atoms with van der Waals surface area (Å²) in [6.07, 6.45) is 4.06. The Hall–Kier alpha value is -0.980. The zero-order valence-corrected chi connectivity index (χ0v) is 13.0. The Kier molecular flexibility index (Phi) is 4.57. The van der Waals surface area contributed by atoms with Gasteiger partial charge in [-0.15, -0.1) is 0 Å². The molecule has 2 aliphatic rings. The van der Waals surface area contributed by atoms with Crippen molar-refractivity contribution in [1.29, 1.82) is 0 Å². The van der Waals surface area contributed by atoms with E-state index in [1.807, 2.05) is 0 Å². The van der Waals surface area contributed by atoms with Crippen LogP contribution >= 0.6 is 0 Å². The quantitative estimate of drug-likeness (QED) is 0.887. The van der Waals surface area contributed by atoms with Crippen LogP contribution in [0.25, 0.3) is 0 Å². The molecule has 6 heteroatoms. The minimum Gasteiger partial charge on any atom is -0.367 e. The van der Waals surface area contributed by atoms with Crippen molar-refractivity contribution in [3.8, 4) is 0 Å². The van der Waals surface area contributed by atoms with Gasteiger partial charge in [-0.2, -0.15) is 4.98 Å². The van der Waals surface area contributed by atoms with Crippen LogP contribution in [0.4, 0.5) is 0 Å². The van der Waals surface area contributed by atoms with E-state index in [4.69, 9.17) is 15.0 Å². The molecule has 3 atom stereocenters. The third kappa shape index (κ3) is 3.62. The summed E-state index contributed by atoms with van der Waals surface area (Å²) in [5.41, 5.74) is 6.10. The minimum absolute atomic E-state index is 0.0572. The molecule has 3 unspecified atom stereocenters. The fourth-order valence-electron chi connectivity index (χ4n) is 3.37. The molecule has 1 aromatic rings. The SMILES string of the molecule is CC(C)CC(N)Cc1nc(C2CN3CCCC3CO2)no1. The average molecular weight is 294 g/mol. The first kappa shape index (κ1) is 14.9. The number of ether oxygens (including phenoxy) is 1. The van der Waals surface area contributed by atoms with Crippen LogP contribution < -0.4 is 5.73 Å². The largest absolute Gasteiger partial charge is 0.367 e. The molecule has 2 fully saturated rings. The second kappa shape index (κ2) is 6.42. The van der Waals surface area contributed by atoms with Crippen LogP contribution in [0.15, 0.2) is 4.52 Å². The van der Waals surface area contributed by atoms with Crippen molar-refractivity contribution < 1.29 is 9.26 Å². The Balaban J connectivity index is 1.57. The fourth-order valence-corrected chi connectivity index (χ4v) is 3.37. The van der Waals surface area contributed by atoms with E-state index in [2.05, 4.69) is 28.9 Å². The topological polar surface area (TPSA) is 77.4 Å². The van der Waals surface area contributed by atoms with Gasteiger partial charge >= 0.3 is 0 Å². The lowest BCUT2D eigenvalue weighted by atomic mass is 10.0. The predicted octanol–water partition coefficient (Wildman–Crippen LogP) is 1.52. The maximum atomic E-state index is 6.10. The predicted molar refractivity (Wildman–Crippen MR) is 78.7 cm³/mol. The van der Waals surface area contributed by atoms with Crippen LogP contribution in [0.1, 0.15) is 50.9 Å². The standard InChI is InChI=1S/C15H26N4O2/c1-10(2)6-11(16)7-14-17-15(18-21-14)13-8-19-5-3-4-12(19)9-20-13/h10-13H,3-9,16H2,1-2H3. The minimum atomic E-state index is -0.0572. The van der Waals surface area contributed by atoms with Crippen molar-refractivity contribution in [3.63, 3.8) is 0 Å². The number of hydrogen-bond acceptors (Lipinski definition) is 6. The van der Waals surface area contributed by atoms with Gasteiger partial charge in [-0.25, -0.2) is 0 Å². The lowest BCUT2D eigenvalue weighted by molar-refractivity contribution is -0.0548. The molecule has 2 saturated heterocycles. The molecular weight excluding hydrogens is 268 g/mol. The molecule has 3 rings (SSSR count). The van der Waals surface area contributed by atoms with E-state index in [1.54, 1.807) is 0 Å². The van der Waals surface area contributed by atoms with Crippen molar-refractivity contribution in [3.05, 3.63) is 11.7 Å². The van der Waals surface area contributed by atoms with E-state index in [-0.39, 0.29) is 12.1 Å². The molecular formula is C15H26N4O2. The number of morpholine rings is 1. The van der Waals surface area contributed by atoms with Gasteiger partial charge in [0.05, 0.1) is 6.61 Å². The van der Waals surface area contributed by atoms with E-state index in [9.17, 15) is 0 Å². The third-order valence-corrected chi connectivity index (χ3v) is 4.37. The van der Waals surface area contributed by atoms with Gasteiger partial charge in [0.1, 0.15) is 6.10 Å². The summed E-state index contributed by atoms with van der Waals surface area (Å²) in [6.45, 7) is 7.15. The maximum Gasteiger partial charge on any atom is 0.228 e. The monoisotopic (exact) mass is 294 g/mol. The summed E-state index contributed by atoms with van der Waals surface area (Å²) in [7, 11) is 0. The molecule has 1 aromatic heterocycles. The van der Waals surface area contributed by atoms with Crippen LogP contribution in [0.2, 0.25) is 0 Å². The molecule has 21 heavy (non-hydrogen) atoms. The zero-order chi connectivity index (χ0) is 14.8. The molecule has 0 saturated carbocycles. The molecule has 6 nitrogen and oxygen atoms in total. The van der Waals surface area contributed by atoms with Crippen molar-refractivity contribution in [2.45, 2.75) is 57.7 Å². The van der Waals surface area contributed by atoms with E-state index in [0.717, 1.165) is 26.1 Å². The van der Waals surface area contributed by atoms with Crippen molar-refractivity contribution in [1.82, 2.24) is 15.0 Å². The van der Waals surface area contributed by atoms with E-state index in [0.29, 0.717) is 30.1 Å². The first-order valence-corrected chi connectivity index (χ1v) is 8.05. The van der Waals surface area contributed by atoms with Crippen LogP contribution in [-0.2, 0) is 11.2 Å². The lowest BCUT2D eigenvalue weighted by Crippen LogP contribution is -2.42. The molecule has 2 N–H and O–H groups in total. The molecule has 118 valence electrons. The van der Waals surface area contributed by atoms with E-state index >= 15 is 0 Å². The normalized spacial score (nSPS) is 28.0. The van der Waals surface area contributed by atoms with Gasteiger partial charge in [-0.05, 0) is 31.7 Å². The van der Waals surface area contributed by atoms with E-state index in [1.165, 1.54) is 12.8 Å². The Morgan fingerprint density at radius 3 is 3.10 bits per heavy atom. The van der Waals surface area contributed by atoms with Crippen molar-refractivity contribution in [2.24, 2.45) is 11.7 Å². The van der Waals surface area contributed by atoms with Crippen molar-refractivity contribution in [2.75, 3.05) is 19.7 Å². The van der Waals surface area contributed by atoms with E-state index < -0.39 is 0 Å². The van der Waals surface area contributed by atoms with Crippen LogP contribution in [-0.4, -0.2) is 46.8 Å². The third-order valence-electron chi connectivity index (χ3n) is 4.37. The highest BCUT2D eigenvalue weighted by Crippen LogP contribution is 2.28. The Bertz CT molecular complexity index is 462. The van der Waals surface area contributed by atoms with Crippen LogP contribution in [0.5, 0.6) is 0 Å². The van der Waals surface area contributed by atoms with Gasteiger partial charge in [0.15, 0.2) is 0 Å². The molecule has 0 bridgehead atoms. The summed E-state index contributed by atoms with van der Waals surface area (Å²) in [4.78, 5) is 6.97. The van der Waals surface area contributed by atoms with Crippen molar-refractivity contribution >= 4 is 0 Å². The zero-order valence-electron chi connectivity index (χ0n) is 13.0. The van der Waals surface area contributed by atoms with Gasteiger partial charge in [0, 0.05) is 25.0 Å². The maximum absolute atomic E-state index is 6.10. The van der Waals surface area contributed by atoms with Gasteiger partial charge in [-0.1, -0.05) is 19.0 Å². The number of hydrogen-bond donors (Lipinski definition) is 1. The number of nitrogens with zero attached hydrogens (tertiary/aromatic N) is 3. The molecule has 0 aromatic carbocycles. The highest BCUT2D eigenvalue weighted by Gasteiger charge is 2.34. The summed E-state index contributed by atoms with van der Waals surface area (Å²) < 4.78 is 11.2. The number of aromatic nitrogens is 2. The molecule has 0 radical (unpaired) electrons. The first-order chi connectivity index (χ1) is 10.1. The second-order valence-electron chi connectivity index (χ2n) is 6.75. The second-order valence-corrected chi connectivity index (χ2v) is 6.75. The molecule has 0 aliphatic carbocycles. The summed E-state index contributed by atoms with van der Waals surface area (Å²) in [5.74, 6) is 1.88. The summed E-state index contributed by atoms with van der Waals surface area (Å²) in [5, 5.41) is 4.09. The Labute approximate surface area is 126 Å². The highest BCUT2D eigenvalue weighted by molar-refractivity contribution is 4.97. The van der Waals surface area contributed by atoms with Crippen LogP contribution in [0.3, 0.4) is 0 Å². The molecule has 0 amide bonds. The fraction of sp³-hybridized carbons (Fsp3) is 0.867. The van der Waals surface area contributed by atoms with Crippen LogP contribution in [0, 0.1) is 5.92 Å². The van der Waals surface area contributed by atoms with Gasteiger partial charge in [0.2, 0.25) is 11.7 Å². The average Bonchev–Trinajstić information content (AvgIpc) is 3.04.